The van der Waals surface area contributed by atoms with Crippen molar-refractivity contribution >= 4 is 17.4 Å². The van der Waals surface area contributed by atoms with Gasteiger partial charge in [0.15, 0.2) is 5.84 Å². The average molecular weight is 407 g/mol. The van der Waals surface area contributed by atoms with Gasteiger partial charge >= 0.3 is 0 Å². The molecule has 0 radical (unpaired) electrons. The maximum absolute atomic E-state index is 13.8. The van der Waals surface area contributed by atoms with Gasteiger partial charge in [-0.25, -0.2) is 14.3 Å². The number of hydrogen-bond donors (Lipinski definition) is 3. The number of hydrazone groups is 1. The Bertz CT molecular complexity index is 1120. The van der Waals surface area contributed by atoms with Crippen LogP contribution in [0, 0.1) is 18.6 Å². The Balaban J connectivity index is 1.58. The van der Waals surface area contributed by atoms with Crippen molar-refractivity contribution in [3.8, 4) is 11.1 Å². The Hall–Kier alpha value is -3.78. The SMILES string of the molecule is Cc1ccc(C2=NNNN2C)cc1-c1ccc(NC(=O)c2c(F)cccc2F)cc1. The summed E-state index contributed by atoms with van der Waals surface area (Å²) in [4.78, 5) is 12.3. The Morgan fingerprint density at radius 2 is 1.67 bits per heavy atom. The van der Waals surface area contributed by atoms with Crippen LogP contribution in [-0.4, -0.2) is 23.8 Å². The van der Waals surface area contributed by atoms with Gasteiger partial charge in [0, 0.05) is 18.3 Å². The van der Waals surface area contributed by atoms with Crippen LogP contribution >= 0.6 is 0 Å². The molecule has 0 unspecified atom stereocenters. The molecule has 6 nitrogen and oxygen atoms in total. The molecule has 0 saturated heterocycles. The molecule has 3 aromatic rings. The highest BCUT2D eigenvalue weighted by Crippen LogP contribution is 2.27. The minimum absolute atomic E-state index is 0.438. The number of benzene rings is 3. The summed E-state index contributed by atoms with van der Waals surface area (Å²) < 4.78 is 27.6. The van der Waals surface area contributed by atoms with Gasteiger partial charge < -0.3 is 5.32 Å². The lowest BCUT2D eigenvalue weighted by atomic mass is 9.97. The molecule has 0 bridgehead atoms. The van der Waals surface area contributed by atoms with E-state index in [-0.39, 0.29) is 0 Å². The fourth-order valence-corrected chi connectivity index (χ4v) is 3.25. The highest BCUT2D eigenvalue weighted by atomic mass is 19.1. The minimum atomic E-state index is -0.902. The fraction of sp³-hybridized carbons (Fsp3) is 0.0909. The number of carbonyl (C=O) groups is 1. The molecule has 0 aliphatic carbocycles. The second kappa shape index (κ2) is 7.92. The van der Waals surface area contributed by atoms with Crippen LogP contribution in [0.1, 0.15) is 21.5 Å². The van der Waals surface area contributed by atoms with Crippen LogP contribution in [0.4, 0.5) is 14.5 Å². The maximum atomic E-state index is 13.8. The van der Waals surface area contributed by atoms with Gasteiger partial charge in [-0.05, 0) is 53.9 Å². The zero-order valence-electron chi connectivity index (χ0n) is 16.3. The van der Waals surface area contributed by atoms with Crippen LogP contribution in [-0.2, 0) is 0 Å². The van der Waals surface area contributed by atoms with Gasteiger partial charge in [-0.15, -0.1) is 10.6 Å². The molecule has 3 N–H and O–H groups in total. The molecule has 3 aromatic carbocycles. The van der Waals surface area contributed by atoms with Crippen molar-refractivity contribution in [3.05, 3.63) is 89.0 Å². The van der Waals surface area contributed by atoms with Crippen LogP contribution in [0.2, 0.25) is 0 Å². The lowest BCUT2D eigenvalue weighted by Gasteiger charge is -2.14. The summed E-state index contributed by atoms with van der Waals surface area (Å²) in [6, 6.07) is 16.4. The van der Waals surface area contributed by atoms with E-state index in [0.29, 0.717) is 5.69 Å². The van der Waals surface area contributed by atoms with Crippen LogP contribution in [0.25, 0.3) is 11.1 Å². The quantitative estimate of drug-likeness (QED) is 0.615. The number of nitrogens with one attached hydrogen (secondary N) is 3. The monoisotopic (exact) mass is 407 g/mol. The molecule has 0 atom stereocenters. The molecule has 1 amide bonds. The van der Waals surface area contributed by atoms with Crippen molar-refractivity contribution in [3.63, 3.8) is 0 Å². The van der Waals surface area contributed by atoms with Gasteiger partial charge in [-0.2, -0.15) is 0 Å². The number of carbonyl (C=O) groups excluding carboxylic acids is 1. The number of rotatable bonds is 4. The zero-order chi connectivity index (χ0) is 21.3. The zero-order valence-corrected chi connectivity index (χ0v) is 16.3. The van der Waals surface area contributed by atoms with Crippen molar-refractivity contribution in [2.45, 2.75) is 6.92 Å². The van der Waals surface area contributed by atoms with E-state index in [1.54, 1.807) is 17.1 Å². The third-order valence-electron chi connectivity index (χ3n) is 4.84. The molecular weight excluding hydrogens is 388 g/mol. The first-order valence-electron chi connectivity index (χ1n) is 9.23. The number of nitrogens with zero attached hydrogens (tertiary/aromatic N) is 2. The normalized spacial score (nSPS) is 13.1. The summed E-state index contributed by atoms with van der Waals surface area (Å²) in [5.74, 6) is -1.88. The molecule has 1 aliphatic rings. The van der Waals surface area contributed by atoms with E-state index in [1.807, 2.05) is 44.3 Å². The molecule has 30 heavy (non-hydrogen) atoms. The average Bonchev–Trinajstić information content (AvgIpc) is 3.15. The lowest BCUT2D eigenvalue weighted by Crippen LogP contribution is -2.37. The third kappa shape index (κ3) is 3.72. The van der Waals surface area contributed by atoms with Gasteiger partial charge in [0.2, 0.25) is 0 Å². The van der Waals surface area contributed by atoms with Crippen molar-refractivity contribution in [1.82, 2.24) is 16.1 Å². The summed E-state index contributed by atoms with van der Waals surface area (Å²) >= 11 is 0. The molecule has 1 aliphatic heterocycles. The minimum Gasteiger partial charge on any atom is -0.322 e. The van der Waals surface area contributed by atoms with Crippen LogP contribution in [0.3, 0.4) is 0 Å². The van der Waals surface area contributed by atoms with Gasteiger partial charge in [0.25, 0.3) is 5.91 Å². The molecule has 0 spiro atoms. The van der Waals surface area contributed by atoms with Gasteiger partial charge in [-0.1, -0.05) is 30.3 Å². The largest absolute Gasteiger partial charge is 0.322 e. The first-order chi connectivity index (χ1) is 14.4. The molecule has 0 saturated carbocycles. The van der Waals surface area contributed by atoms with Crippen molar-refractivity contribution in [2.24, 2.45) is 5.10 Å². The summed E-state index contributed by atoms with van der Waals surface area (Å²) in [5.41, 5.74) is 9.38. The van der Waals surface area contributed by atoms with E-state index in [4.69, 9.17) is 0 Å². The van der Waals surface area contributed by atoms with E-state index in [2.05, 4.69) is 21.5 Å². The number of halogens is 2. The van der Waals surface area contributed by atoms with Crippen LogP contribution < -0.4 is 16.4 Å². The van der Waals surface area contributed by atoms with E-state index >= 15 is 0 Å². The molecule has 8 heteroatoms. The van der Waals surface area contributed by atoms with Gasteiger partial charge in [0.1, 0.15) is 17.2 Å². The summed E-state index contributed by atoms with van der Waals surface area (Å²) in [5, 5.41) is 8.52. The Morgan fingerprint density at radius 1 is 1.00 bits per heavy atom. The first-order valence-corrected chi connectivity index (χ1v) is 9.23. The maximum Gasteiger partial charge on any atom is 0.261 e. The Labute approximate surface area is 172 Å². The Kier molecular flexibility index (Phi) is 5.16. The number of aryl methyl sites for hydroxylation is 1. The van der Waals surface area contributed by atoms with Crippen LogP contribution in [0.5, 0.6) is 0 Å². The molecule has 152 valence electrons. The van der Waals surface area contributed by atoms with Crippen LogP contribution in [0.15, 0.2) is 65.8 Å². The lowest BCUT2D eigenvalue weighted by molar-refractivity contribution is 0.101. The second-order valence-corrected chi connectivity index (χ2v) is 6.88. The number of anilines is 1. The molecule has 0 fully saturated rings. The third-order valence-corrected chi connectivity index (χ3v) is 4.84. The van der Waals surface area contributed by atoms with E-state index < -0.39 is 23.1 Å². The predicted octanol–water partition coefficient (Wildman–Crippen LogP) is 3.81. The van der Waals surface area contributed by atoms with Crippen molar-refractivity contribution in [2.75, 3.05) is 12.4 Å². The summed E-state index contributed by atoms with van der Waals surface area (Å²) in [7, 11) is 1.86. The number of hydrogen-bond acceptors (Lipinski definition) is 5. The van der Waals surface area contributed by atoms with Crippen molar-refractivity contribution in [1.29, 1.82) is 0 Å². The van der Waals surface area contributed by atoms with Gasteiger partial charge in [0.05, 0.1) is 0 Å². The molecule has 0 aromatic heterocycles. The molecule has 4 rings (SSSR count). The summed E-state index contributed by atoms with van der Waals surface area (Å²) in [6.07, 6.45) is 0. The van der Waals surface area contributed by atoms with E-state index in [0.717, 1.165) is 40.2 Å². The Morgan fingerprint density at radius 3 is 2.30 bits per heavy atom. The molecular formula is C22H19F2N5O. The smallest absolute Gasteiger partial charge is 0.261 e. The summed E-state index contributed by atoms with van der Waals surface area (Å²) in [6.45, 7) is 2.01. The number of hydrazine groups is 2. The standard InChI is InChI=1S/C22H19F2N5O/c1-13-6-7-15(21-26-27-28-29(21)2)12-17(13)14-8-10-16(11-9-14)25-22(30)20-18(23)4-3-5-19(20)24/h3-12,27-28H,1-2H3,(H,25,30). The fourth-order valence-electron chi connectivity index (χ4n) is 3.25. The number of amidine groups is 1. The van der Waals surface area contributed by atoms with E-state index in [1.165, 1.54) is 6.07 Å². The second-order valence-electron chi connectivity index (χ2n) is 6.88. The predicted molar refractivity (Wildman–Crippen MR) is 111 cm³/mol. The number of amides is 1. The highest BCUT2D eigenvalue weighted by molar-refractivity contribution is 6.04. The van der Waals surface area contributed by atoms with Crippen molar-refractivity contribution < 1.29 is 13.6 Å². The topological polar surface area (TPSA) is 68.8 Å². The first kappa shape index (κ1) is 19.5. The van der Waals surface area contributed by atoms with Gasteiger partial charge in [-0.3, -0.25) is 9.80 Å². The van der Waals surface area contributed by atoms with E-state index in [9.17, 15) is 13.6 Å². The molecule has 1 heterocycles. The highest BCUT2D eigenvalue weighted by Gasteiger charge is 2.18.